The Balaban J connectivity index is 1.49. The molecule has 1 aromatic carbocycles. The van der Waals surface area contributed by atoms with Gasteiger partial charge in [0.15, 0.2) is 0 Å². The minimum absolute atomic E-state index is 0.213. The van der Waals surface area contributed by atoms with E-state index >= 15 is 0 Å². The molecule has 2 saturated heterocycles. The van der Waals surface area contributed by atoms with Gasteiger partial charge in [-0.25, -0.2) is 9.97 Å². The summed E-state index contributed by atoms with van der Waals surface area (Å²) < 4.78 is 5.44. The van der Waals surface area contributed by atoms with Gasteiger partial charge < -0.3 is 19.9 Å². The zero-order valence-electron chi connectivity index (χ0n) is 16.3. The van der Waals surface area contributed by atoms with Crippen LogP contribution in [0.5, 0.6) is 0 Å². The highest BCUT2D eigenvalue weighted by molar-refractivity contribution is 6.04. The Morgan fingerprint density at radius 1 is 1.07 bits per heavy atom. The Morgan fingerprint density at radius 3 is 2.61 bits per heavy atom. The fraction of sp³-hybridized carbons (Fsp3) is 0.476. The number of morpholine rings is 1. The number of nitrogens with zero attached hydrogens (tertiary/aromatic N) is 4. The molecule has 0 radical (unpaired) electrons. The van der Waals surface area contributed by atoms with Crippen molar-refractivity contribution >= 4 is 23.2 Å². The summed E-state index contributed by atoms with van der Waals surface area (Å²) in [5.41, 5.74) is 2.19. The molecule has 0 aliphatic carbocycles. The number of benzene rings is 1. The van der Waals surface area contributed by atoms with Crippen molar-refractivity contribution in [1.82, 2.24) is 9.97 Å². The Bertz CT molecular complexity index is 814. The van der Waals surface area contributed by atoms with Gasteiger partial charge in [0.2, 0.25) is 5.95 Å². The molecule has 148 valence electrons. The summed E-state index contributed by atoms with van der Waals surface area (Å²) in [5, 5.41) is 3.03. The van der Waals surface area contributed by atoms with Gasteiger partial charge in [0.25, 0.3) is 5.91 Å². The van der Waals surface area contributed by atoms with E-state index in [1.165, 1.54) is 0 Å². The first kappa shape index (κ1) is 18.7. The van der Waals surface area contributed by atoms with Crippen LogP contribution in [-0.4, -0.2) is 55.3 Å². The number of amides is 1. The summed E-state index contributed by atoms with van der Waals surface area (Å²) in [4.78, 5) is 26.2. The molecule has 4 rings (SSSR count). The Morgan fingerprint density at radius 2 is 1.82 bits per heavy atom. The normalized spacial score (nSPS) is 18.2. The number of hydrogen-bond acceptors (Lipinski definition) is 6. The van der Waals surface area contributed by atoms with Crippen LogP contribution in [0.3, 0.4) is 0 Å². The van der Waals surface area contributed by atoms with Crippen molar-refractivity contribution in [3.8, 4) is 0 Å². The average Bonchev–Trinajstić information content (AvgIpc) is 2.75. The number of anilines is 3. The van der Waals surface area contributed by atoms with E-state index in [0.29, 0.717) is 24.9 Å². The molecular weight excluding hydrogens is 354 g/mol. The van der Waals surface area contributed by atoms with Gasteiger partial charge in [0, 0.05) is 32.4 Å². The Kier molecular flexibility index (Phi) is 5.71. The number of rotatable bonds is 4. The number of aromatic nitrogens is 2. The monoisotopic (exact) mass is 381 g/mol. The second kappa shape index (κ2) is 8.56. The molecule has 3 heterocycles. The topological polar surface area (TPSA) is 70.6 Å². The van der Waals surface area contributed by atoms with Crippen LogP contribution in [0.15, 0.2) is 36.5 Å². The van der Waals surface area contributed by atoms with E-state index in [2.05, 4.69) is 32.0 Å². The Hall–Kier alpha value is -2.67. The maximum atomic E-state index is 12.9. The Labute approximate surface area is 165 Å². The van der Waals surface area contributed by atoms with Crippen molar-refractivity contribution in [3.63, 3.8) is 0 Å². The largest absolute Gasteiger partial charge is 0.378 e. The maximum Gasteiger partial charge on any atom is 0.274 e. The zero-order chi connectivity index (χ0) is 19.3. The minimum Gasteiger partial charge on any atom is -0.378 e. The molecular formula is C21H27N5O2. The highest BCUT2D eigenvalue weighted by atomic mass is 16.5. The van der Waals surface area contributed by atoms with Crippen molar-refractivity contribution in [2.75, 3.05) is 54.5 Å². The molecule has 0 bridgehead atoms. The van der Waals surface area contributed by atoms with Crippen molar-refractivity contribution in [1.29, 1.82) is 0 Å². The predicted octanol–water partition coefficient (Wildman–Crippen LogP) is 2.80. The van der Waals surface area contributed by atoms with Crippen molar-refractivity contribution in [2.45, 2.75) is 19.8 Å². The third-order valence-corrected chi connectivity index (χ3v) is 5.45. The van der Waals surface area contributed by atoms with Crippen LogP contribution in [0.1, 0.15) is 30.3 Å². The van der Waals surface area contributed by atoms with Gasteiger partial charge >= 0.3 is 0 Å². The molecule has 2 aromatic rings. The third-order valence-electron chi connectivity index (χ3n) is 5.45. The number of para-hydroxylation sites is 2. The van der Waals surface area contributed by atoms with Crippen LogP contribution < -0.4 is 15.1 Å². The molecule has 0 atom stereocenters. The number of piperidine rings is 1. The van der Waals surface area contributed by atoms with Crippen LogP contribution in [0.25, 0.3) is 0 Å². The first-order chi connectivity index (χ1) is 13.7. The van der Waals surface area contributed by atoms with E-state index in [0.717, 1.165) is 56.3 Å². The van der Waals surface area contributed by atoms with Gasteiger partial charge in [-0.3, -0.25) is 4.79 Å². The van der Waals surface area contributed by atoms with E-state index in [4.69, 9.17) is 4.74 Å². The fourth-order valence-corrected chi connectivity index (χ4v) is 3.68. The quantitative estimate of drug-likeness (QED) is 0.878. The first-order valence-electron chi connectivity index (χ1n) is 10.0. The molecule has 1 aromatic heterocycles. The van der Waals surface area contributed by atoms with Crippen LogP contribution in [0, 0.1) is 5.92 Å². The maximum absolute atomic E-state index is 12.9. The molecule has 0 unspecified atom stereocenters. The predicted molar refractivity (Wildman–Crippen MR) is 110 cm³/mol. The van der Waals surface area contributed by atoms with Crippen LogP contribution in [0.2, 0.25) is 0 Å². The molecule has 2 aliphatic rings. The van der Waals surface area contributed by atoms with Crippen molar-refractivity contribution in [2.24, 2.45) is 5.92 Å². The lowest BCUT2D eigenvalue weighted by Gasteiger charge is -2.30. The van der Waals surface area contributed by atoms with Crippen molar-refractivity contribution in [3.05, 3.63) is 42.2 Å². The number of hydrogen-bond donors (Lipinski definition) is 1. The molecule has 7 heteroatoms. The molecule has 1 N–H and O–H groups in total. The van der Waals surface area contributed by atoms with Crippen LogP contribution >= 0.6 is 0 Å². The van der Waals surface area contributed by atoms with Gasteiger partial charge in [0.05, 0.1) is 24.6 Å². The lowest BCUT2D eigenvalue weighted by molar-refractivity contribution is 0.102. The highest BCUT2D eigenvalue weighted by Crippen LogP contribution is 2.27. The van der Waals surface area contributed by atoms with E-state index in [-0.39, 0.29) is 5.91 Å². The second-order valence-corrected chi connectivity index (χ2v) is 7.48. The number of carbonyl (C=O) groups excluding carboxylic acids is 1. The summed E-state index contributed by atoms with van der Waals surface area (Å²) in [7, 11) is 0. The SMILES string of the molecule is CC1CCN(c2nccc(C(=O)Nc3ccccc3N3CCOCC3)n2)CC1. The lowest BCUT2D eigenvalue weighted by Crippen LogP contribution is -2.36. The zero-order valence-corrected chi connectivity index (χ0v) is 16.3. The fourth-order valence-electron chi connectivity index (χ4n) is 3.68. The van der Waals surface area contributed by atoms with Crippen molar-refractivity contribution < 1.29 is 9.53 Å². The average molecular weight is 381 g/mol. The van der Waals surface area contributed by atoms with E-state index in [1.807, 2.05) is 24.3 Å². The van der Waals surface area contributed by atoms with E-state index < -0.39 is 0 Å². The van der Waals surface area contributed by atoms with E-state index in [1.54, 1.807) is 12.3 Å². The van der Waals surface area contributed by atoms with Gasteiger partial charge in [-0.1, -0.05) is 19.1 Å². The number of carbonyl (C=O) groups is 1. The molecule has 0 saturated carbocycles. The lowest BCUT2D eigenvalue weighted by atomic mass is 10.00. The molecule has 7 nitrogen and oxygen atoms in total. The number of nitrogens with one attached hydrogen (secondary N) is 1. The minimum atomic E-state index is -0.213. The van der Waals surface area contributed by atoms with Gasteiger partial charge in [-0.05, 0) is 37.0 Å². The van der Waals surface area contributed by atoms with E-state index in [9.17, 15) is 4.79 Å². The molecule has 2 aliphatic heterocycles. The third kappa shape index (κ3) is 4.25. The molecule has 28 heavy (non-hydrogen) atoms. The summed E-state index contributed by atoms with van der Waals surface area (Å²) >= 11 is 0. The summed E-state index contributed by atoms with van der Waals surface area (Å²) in [6.45, 7) is 7.18. The summed E-state index contributed by atoms with van der Waals surface area (Å²) in [5.74, 6) is 1.16. The second-order valence-electron chi connectivity index (χ2n) is 7.48. The van der Waals surface area contributed by atoms with Gasteiger partial charge in [-0.2, -0.15) is 0 Å². The number of ether oxygens (including phenoxy) is 1. The smallest absolute Gasteiger partial charge is 0.274 e. The molecule has 0 spiro atoms. The van der Waals surface area contributed by atoms with Crippen LogP contribution in [-0.2, 0) is 4.74 Å². The van der Waals surface area contributed by atoms with Gasteiger partial charge in [0.1, 0.15) is 5.69 Å². The molecule has 2 fully saturated rings. The summed E-state index contributed by atoms with van der Waals surface area (Å²) in [6, 6.07) is 9.54. The first-order valence-corrected chi connectivity index (χ1v) is 10.0. The van der Waals surface area contributed by atoms with Crippen LogP contribution in [0.4, 0.5) is 17.3 Å². The summed E-state index contributed by atoms with van der Waals surface area (Å²) in [6.07, 6.45) is 3.93. The van der Waals surface area contributed by atoms with Gasteiger partial charge in [-0.15, -0.1) is 0 Å². The highest BCUT2D eigenvalue weighted by Gasteiger charge is 2.20. The standard InChI is InChI=1S/C21H27N5O2/c1-16-7-10-26(11-8-16)21-22-9-6-18(24-21)20(27)23-17-4-2-3-5-19(17)25-12-14-28-15-13-25/h2-6,9,16H,7-8,10-15H2,1H3,(H,23,27). The molecule has 1 amide bonds.